The number of allylic oxidation sites excluding steroid dienone is 8. The Bertz CT molecular complexity index is 314. The minimum atomic E-state index is 0.129. The molecule has 1 nitrogen and oxygen atoms in total. The molecule has 0 aliphatic heterocycles. The van der Waals surface area contributed by atoms with Crippen molar-refractivity contribution in [2.24, 2.45) is 0 Å². The van der Waals surface area contributed by atoms with Crippen molar-refractivity contribution in [2.75, 3.05) is 0 Å². The molecule has 1 N–H and O–H groups in total. The van der Waals surface area contributed by atoms with Gasteiger partial charge in [0, 0.05) is 0 Å². The predicted octanol–water partition coefficient (Wildman–Crippen LogP) is 3.86. The first kappa shape index (κ1) is 12.2. The van der Waals surface area contributed by atoms with E-state index in [1.165, 1.54) is 6.08 Å². The van der Waals surface area contributed by atoms with Gasteiger partial charge in [0.2, 0.25) is 0 Å². The van der Waals surface area contributed by atoms with E-state index in [0.29, 0.717) is 0 Å². The Morgan fingerprint density at radius 3 is 1.86 bits per heavy atom. The molecule has 0 unspecified atom stereocenters. The van der Waals surface area contributed by atoms with Gasteiger partial charge in [0.1, 0.15) is 5.76 Å². The molecule has 0 radical (unpaired) electrons. The lowest BCUT2D eigenvalue weighted by Crippen LogP contribution is -1.81. The molecular weight excluding hydrogens is 172 g/mol. The first-order valence-corrected chi connectivity index (χ1v) is 4.34. The quantitative estimate of drug-likeness (QED) is 0.513. The van der Waals surface area contributed by atoms with E-state index in [2.05, 4.69) is 19.7 Å². The fourth-order valence-electron chi connectivity index (χ4n) is 0.928. The van der Waals surface area contributed by atoms with Gasteiger partial charge in [-0.1, -0.05) is 44.0 Å². The number of aliphatic hydroxyl groups excluding tert-OH is 1. The Kier molecular flexibility index (Phi) is 5.88. The maximum absolute atomic E-state index is 9.15. The molecule has 0 saturated carbocycles. The molecule has 0 fully saturated rings. The van der Waals surface area contributed by atoms with Crippen molar-refractivity contribution < 1.29 is 5.11 Å². The van der Waals surface area contributed by atoms with Gasteiger partial charge in [-0.3, -0.25) is 0 Å². The average molecular weight is 188 g/mol. The molecule has 0 heterocycles. The summed E-state index contributed by atoms with van der Waals surface area (Å²) in [7, 11) is 0. The fraction of sp³-hybridized carbons (Fsp3) is 0.0769. The van der Waals surface area contributed by atoms with E-state index < -0.39 is 0 Å². The van der Waals surface area contributed by atoms with E-state index in [9.17, 15) is 0 Å². The van der Waals surface area contributed by atoms with E-state index in [1.54, 1.807) is 24.3 Å². The van der Waals surface area contributed by atoms with Crippen LogP contribution in [0.1, 0.15) is 6.92 Å². The lowest BCUT2D eigenvalue weighted by atomic mass is 10.1. The van der Waals surface area contributed by atoms with Crippen molar-refractivity contribution in [1.29, 1.82) is 0 Å². The van der Waals surface area contributed by atoms with E-state index in [0.717, 1.165) is 11.1 Å². The third kappa shape index (κ3) is 3.76. The second-order valence-corrected chi connectivity index (χ2v) is 2.57. The Morgan fingerprint density at radius 2 is 1.50 bits per heavy atom. The van der Waals surface area contributed by atoms with Crippen LogP contribution in [0, 0.1) is 0 Å². The summed E-state index contributed by atoms with van der Waals surface area (Å²) in [5.74, 6) is 0.129. The third-order valence-electron chi connectivity index (χ3n) is 1.73. The van der Waals surface area contributed by atoms with Gasteiger partial charge in [-0.25, -0.2) is 0 Å². The molecule has 0 amide bonds. The van der Waals surface area contributed by atoms with Crippen molar-refractivity contribution in [2.45, 2.75) is 6.92 Å². The van der Waals surface area contributed by atoms with Crippen molar-refractivity contribution in [3.8, 4) is 0 Å². The molecule has 14 heavy (non-hydrogen) atoms. The lowest BCUT2D eigenvalue weighted by Gasteiger charge is -2.00. The van der Waals surface area contributed by atoms with E-state index in [4.69, 9.17) is 5.11 Å². The largest absolute Gasteiger partial charge is 0.508 e. The molecule has 74 valence electrons. The molecule has 0 rings (SSSR count). The molecule has 0 aromatic rings. The highest BCUT2D eigenvalue weighted by atomic mass is 16.3. The van der Waals surface area contributed by atoms with Crippen LogP contribution in [0.2, 0.25) is 0 Å². The lowest BCUT2D eigenvalue weighted by molar-refractivity contribution is 0.433. The van der Waals surface area contributed by atoms with Gasteiger partial charge in [-0.15, -0.1) is 0 Å². The number of rotatable bonds is 5. The molecule has 0 aromatic heterocycles. The van der Waals surface area contributed by atoms with E-state index >= 15 is 0 Å². The summed E-state index contributed by atoms with van der Waals surface area (Å²) in [5, 5.41) is 9.15. The number of hydrogen-bond acceptors (Lipinski definition) is 1. The summed E-state index contributed by atoms with van der Waals surface area (Å²) >= 11 is 0. The average Bonchev–Trinajstić information content (AvgIpc) is 2.23. The predicted molar refractivity (Wildman–Crippen MR) is 63.1 cm³/mol. The molecule has 0 aromatic carbocycles. The van der Waals surface area contributed by atoms with Crippen LogP contribution < -0.4 is 0 Å². The van der Waals surface area contributed by atoms with E-state index in [-0.39, 0.29) is 5.76 Å². The molecule has 0 bridgehead atoms. The van der Waals surface area contributed by atoms with Gasteiger partial charge in [0.05, 0.1) is 0 Å². The third-order valence-corrected chi connectivity index (χ3v) is 1.73. The zero-order chi connectivity index (χ0) is 11.0. The van der Waals surface area contributed by atoms with Crippen LogP contribution in [-0.2, 0) is 0 Å². The summed E-state index contributed by atoms with van der Waals surface area (Å²) in [5.41, 5.74) is 1.89. The van der Waals surface area contributed by atoms with Crippen LogP contribution in [-0.4, -0.2) is 5.11 Å². The van der Waals surface area contributed by atoms with Crippen LogP contribution in [0.15, 0.2) is 73.1 Å². The molecular formula is C13H16O. The molecule has 0 atom stereocenters. The van der Waals surface area contributed by atoms with Crippen LogP contribution in [0.3, 0.4) is 0 Å². The summed E-state index contributed by atoms with van der Waals surface area (Å²) in [6, 6.07) is 0. The first-order chi connectivity index (χ1) is 6.69. The zero-order valence-electron chi connectivity index (χ0n) is 8.53. The maximum atomic E-state index is 9.15. The SMILES string of the molecule is C=C\C(O)=C/C=C(C=C)/C(C=C)=C/C. The fourth-order valence-corrected chi connectivity index (χ4v) is 0.928. The standard InChI is InChI=1S/C13H16O/c1-5-11(6-2)12(7-3)9-10-13(14)8-4/h5-10,14H,1,3-4H2,2H3/b11-6+,12-9+,13-10+. The summed E-state index contributed by atoms with van der Waals surface area (Å²) in [6.07, 6.45) is 10.1. The summed E-state index contributed by atoms with van der Waals surface area (Å²) < 4.78 is 0. The van der Waals surface area contributed by atoms with Gasteiger partial charge < -0.3 is 5.11 Å². The Hall–Kier alpha value is -1.76. The van der Waals surface area contributed by atoms with Crippen LogP contribution in [0.4, 0.5) is 0 Å². The van der Waals surface area contributed by atoms with Crippen molar-refractivity contribution in [1.82, 2.24) is 0 Å². The summed E-state index contributed by atoms with van der Waals surface area (Å²) in [4.78, 5) is 0. The van der Waals surface area contributed by atoms with Gasteiger partial charge in [0.25, 0.3) is 0 Å². The second-order valence-electron chi connectivity index (χ2n) is 2.57. The zero-order valence-corrected chi connectivity index (χ0v) is 8.53. The molecule has 0 spiro atoms. The minimum Gasteiger partial charge on any atom is -0.508 e. The summed E-state index contributed by atoms with van der Waals surface area (Å²) in [6.45, 7) is 12.7. The van der Waals surface area contributed by atoms with Crippen molar-refractivity contribution >= 4 is 0 Å². The first-order valence-electron chi connectivity index (χ1n) is 4.34. The Morgan fingerprint density at radius 1 is 0.929 bits per heavy atom. The highest BCUT2D eigenvalue weighted by Crippen LogP contribution is 2.12. The van der Waals surface area contributed by atoms with Crippen LogP contribution >= 0.6 is 0 Å². The molecule has 0 aliphatic rings. The Balaban J connectivity index is 4.98. The second kappa shape index (κ2) is 6.72. The Labute approximate surface area is 85.8 Å². The van der Waals surface area contributed by atoms with Crippen molar-refractivity contribution in [3.05, 3.63) is 73.1 Å². The number of hydrogen-bond donors (Lipinski definition) is 1. The van der Waals surface area contributed by atoms with E-state index in [1.807, 2.05) is 13.0 Å². The molecule has 0 saturated heterocycles. The van der Waals surface area contributed by atoms with Gasteiger partial charge in [0.15, 0.2) is 0 Å². The maximum Gasteiger partial charge on any atom is 0.115 e. The molecule has 0 aliphatic carbocycles. The monoisotopic (exact) mass is 188 g/mol. The highest BCUT2D eigenvalue weighted by Gasteiger charge is 1.93. The smallest absolute Gasteiger partial charge is 0.115 e. The van der Waals surface area contributed by atoms with Gasteiger partial charge in [-0.2, -0.15) is 0 Å². The van der Waals surface area contributed by atoms with Crippen LogP contribution in [0.5, 0.6) is 0 Å². The topological polar surface area (TPSA) is 20.2 Å². The normalized spacial score (nSPS) is 13.6. The number of aliphatic hydroxyl groups is 1. The van der Waals surface area contributed by atoms with Gasteiger partial charge in [-0.05, 0) is 30.2 Å². The van der Waals surface area contributed by atoms with Crippen LogP contribution in [0.25, 0.3) is 0 Å². The highest BCUT2D eigenvalue weighted by molar-refractivity contribution is 5.46. The minimum absolute atomic E-state index is 0.129. The van der Waals surface area contributed by atoms with Crippen molar-refractivity contribution in [3.63, 3.8) is 0 Å². The molecule has 1 heteroatoms. The van der Waals surface area contributed by atoms with Gasteiger partial charge >= 0.3 is 0 Å².